The zero-order chi connectivity index (χ0) is 21.5. The van der Waals surface area contributed by atoms with Gasteiger partial charge in [-0.3, -0.25) is 14.1 Å². The molecular formula is C20H38O7S. The van der Waals surface area contributed by atoms with Crippen molar-refractivity contribution in [2.75, 3.05) is 0 Å². The maximum atomic E-state index is 12.5. The second kappa shape index (κ2) is 14.8. The predicted molar refractivity (Wildman–Crippen MR) is 108 cm³/mol. The third-order valence-corrected chi connectivity index (χ3v) is 5.48. The van der Waals surface area contributed by atoms with Crippen LogP contribution in [0.15, 0.2) is 0 Å². The Morgan fingerprint density at radius 1 is 0.786 bits per heavy atom. The average molecular weight is 423 g/mol. The summed E-state index contributed by atoms with van der Waals surface area (Å²) in [6, 6.07) is 0. The molecule has 0 heterocycles. The molecule has 0 aromatic rings. The molecule has 0 radical (unpaired) electrons. The highest BCUT2D eigenvalue weighted by molar-refractivity contribution is 7.81. The highest BCUT2D eigenvalue weighted by Gasteiger charge is 2.43. The molecule has 0 aromatic heterocycles. The zero-order valence-corrected chi connectivity index (χ0v) is 18.3. The average Bonchev–Trinajstić information content (AvgIpc) is 2.58. The van der Waals surface area contributed by atoms with E-state index < -0.39 is 34.2 Å². The van der Waals surface area contributed by atoms with Crippen LogP contribution in [0, 0.1) is 5.41 Å². The Morgan fingerprint density at radius 3 is 1.54 bits per heavy atom. The summed E-state index contributed by atoms with van der Waals surface area (Å²) in [5.41, 5.74) is -1.42. The molecule has 7 nitrogen and oxygen atoms in total. The molecule has 0 fully saturated rings. The van der Waals surface area contributed by atoms with Gasteiger partial charge in [0, 0.05) is 0 Å². The van der Waals surface area contributed by atoms with Gasteiger partial charge in [0.05, 0.1) is 11.8 Å². The minimum Gasteiger partial charge on any atom is -0.481 e. The standard InChI is InChI=1S/C20H38O7S/c1-3-5-7-9-11-13-15-20(17-18(21)22,19(23)27-28(24,25)26)16-14-12-10-8-6-4-2/h3-17H2,1-2H3,(H,21,22)(H,24,25,26). The lowest BCUT2D eigenvalue weighted by atomic mass is 9.75. The number of unbranched alkanes of at least 4 members (excludes halogenated alkanes) is 10. The first kappa shape index (κ1) is 26.9. The Labute approximate surface area is 170 Å². The van der Waals surface area contributed by atoms with E-state index in [-0.39, 0.29) is 12.8 Å². The Hall–Kier alpha value is -1.15. The van der Waals surface area contributed by atoms with Crippen LogP contribution >= 0.6 is 0 Å². The smallest absolute Gasteiger partial charge is 0.448 e. The third-order valence-electron chi connectivity index (χ3n) is 5.12. The monoisotopic (exact) mass is 422 g/mol. The molecule has 0 spiro atoms. The second-order valence-corrected chi connectivity index (χ2v) is 8.71. The number of hydrogen-bond donors (Lipinski definition) is 2. The summed E-state index contributed by atoms with van der Waals surface area (Å²) in [5, 5.41) is 9.32. The lowest BCUT2D eigenvalue weighted by Crippen LogP contribution is -2.37. The fourth-order valence-corrected chi connectivity index (χ4v) is 3.91. The van der Waals surface area contributed by atoms with Crippen LogP contribution in [0.5, 0.6) is 0 Å². The fourth-order valence-electron chi connectivity index (χ4n) is 3.54. The van der Waals surface area contributed by atoms with Crippen molar-refractivity contribution in [3.05, 3.63) is 0 Å². The number of rotatable bonds is 18. The minimum absolute atomic E-state index is 0.245. The van der Waals surface area contributed by atoms with Crippen molar-refractivity contribution in [2.24, 2.45) is 5.41 Å². The molecule has 0 amide bonds. The Balaban J connectivity index is 5.05. The van der Waals surface area contributed by atoms with E-state index in [1.807, 2.05) is 0 Å². The summed E-state index contributed by atoms with van der Waals surface area (Å²) in [4.78, 5) is 23.9. The summed E-state index contributed by atoms with van der Waals surface area (Å²) in [6.45, 7) is 4.23. The van der Waals surface area contributed by atoms with Gasteiger partial charge >= 0.3 is 22.3 Å². The number of carboxylic acids is 1. The molecule has 0 saturated carbocycles. The molecule has 2 N–H and O–H groups in total. The molecule has 28 heavy (non-hydrogen) atoms. The van der Waals surface area contributed by atoms with Gasteiger partial charge in [0.2, 0.25) is 0 Å². The summed E-state index contributed by atoms with van der Waals surface area (Å²) >= 11 is 0. The van der Waals surface area contributed by atoms with Crippen LogP contribution in [-0.2, 0) is 24.2 Å². The SMILES string of the molecule is CCCCCCCCC(CCCCCCCC)(CC(=O)O)C(=O)OS(=O)(=O)O. The quantitative estimate of drug-likeness (QED) is 0.227. The van der Waals surface area contributed by atoms with E-state index in [9.17, 15) is 23.1 Å². The van der Waals surface area contributed by atoms with Gasteiger partial charge in [-0.25, -0.2) is 0 Å². The van der Waals surface area contributed by atoms with Crippen LogP contribution in [-0.4, -0.2) is 30.0 Å². The van der Waals surface area contributed by atoms with E-state index in [4.69, 9.17) is 4.55 Å². The summed E-state index contributed by atoms with van der Waals surface area (Å²) in [7, 11) is -4.97. The van der Waals surface area contributed by atoms with Gasteiger partial charge in [-0.15, -0.1) is 0 Å². The maximum absolute atomic E-state index is 12.5. The molecular weight excluding hydrogens is 384 g/mol. The zero-order valence-electron chi connectivity index (χ0n) is 17.5. The largest absolute Gasteiger partial charge is 0.481 e. The Morgan fingerprint density at radius 2 is 1.18 bits per heavy atom. The van der Waals surface area contributed by atoms with E-state index in [1.165, 1.54) is 0 Å². The molecule has 0 aliphatic heterocycles. The molecule has 0 aliphatic carbocycles. The van der Waals surface area contributed by atoms with Gasteiger partial charge in [-0.2, -0.15) is 8.42 Å². The summed E-state index contributed by atoms with van der Waals surface area (Å²) < 4.78 is 35.2. The van der Waals surface area contributed by atoms with E-state index in [0.717, 1.165) is 64.2 Å². The first-order valence-electron chi connectivity index (χ1n) is 10.6. The van der Waals surface area contributed by atoms with Crippen LogP contribution in [0.4, 0.5) is 0 Å². The van der Waals surface area contributed by atoms with Crippen molar-refractivity contribution in [1.82, 2.24) is 0 Å². The first-order chi connectivity index (χ1) is 13.2. The van der Waals surface area contributed by atoms with Crippen LogP contribution in [0.3, 0.4) is 0 Å². The highest BCUT2D eigenvalue weighted by atomic mass is 32.3. The van der Waals surface area contributed by atoms with Gasteiger partial charge in [-0.1, -0.05) is 90.9 Å². The first-order valence-corrected chi connectivity index (χ1v) is 12.0. The minimum atomic E-state index is -4.97. The van der Waals surface area contributed by atoms with Gasteiger partial charge in [-0.05, 0) is 12.8 Å². The lowest BCUT2D eigenvalue weighted by molar-refractivity contribution is -0.155. The fraction of sp³-hybridized carbons (Fsp3) is 0.900. The van der Waals surface area contributed by atoms with Gasteiger partial charge in [0.1, 0.15) is 0 Å². The number of carbonyl (C=O) groups is 2. The summed E-state index contributed by atoms with van der Waals surface area (Å²) in [6.07, 6.45) is 11.5. The molecule has 0 rings (SSSR count). The maximum Gasteiger partial charge on any atom is 0.448 e. The van der Waals surface area contributed by atoms with E-state index in [1.54, 1.807) is 0 Å². The Kier molecular flexibility index (Phi) is 14.2. The van der Waals surface area contributed by atoms with E-state index >= 15 is 0 Å². The molecule has 0 atom stereocenters. The van der Waals surface area contributed by atoms with Crippen LogP contribution in [0.25, 0.3) is 0 Å². The van der Waals surface area contributed by atoms with Crippen molar-refractivity contribution in [3.8, 4) is 0 Å². The molecule has 166 valence electrons. The molecule has 0 saturated heterocycles. The predicted octanol–water partition coefficient (Wildman–Crippen LogP) is 5.29. The molecule has 8 heteroatoms. The molecule has 0 unspecified atom stereocenters. The van der Waals surface area contributed by atoms with Crippen molar-refractivity contribution < 1.29 is 31.8 Å². The highest BCUT2D eigenvalue weighted by Crippen LogP contribution is 2.37. The molecule has 0 aromatic carbocycles. The van der Waals surface area contributed by atoms with Gasteiger partial charge in [0.15, 0.2) is 0 Å². The van der Waals surface area contributed by atoms with Crippen LogP contribution in [0.2, 0.25) is 0 Å². The van der Waals surface area contributed by atoms with Crippen molar-refractivity contribution >= 4 is 22.3 Å². The van der Waals surface area contributed by atoms with E-state index in [0.29, 0.717) is 12.8 Å². The van der Waals surface area contributed by atoms with Crippen molar-refractivity contribution in [2.45, 2.75) is 110 Å². The van der Waals surface area contributed by atoms with Crippen LogP contribution < -0.4 is 0 Å². The topological polar surface area (TPSA) is 118 Å². The second-order valence-electron chi connectivity index (χ2n) is 7.68. The van der Waals surface area contributed by atoms with Crippen molar-refractivity contribution in [1.29, 1.82) is 0 Å². The third kappa shape index (κ3) is 13.1. The van der Waals surface area contributed by atoms with Gasteiger partial charge in [0.25, 0.3) is 0 Å². The Bertz CT molecular complexity index is 527. The van der Waals surface area contributed by atoms with Crippen LogP contribution in [0.1, 0.15) is 110 Å². The normalized spacial score (nSPS) is 12.1. The number of aliphatic carboxylic acids is 1. The van der Waals surface area contributed by atoms with Gasteiger partial charge < -0.3 is 9.29 Å². The number of carboxylic acid groups (broad SMARTS) is 1. The molecule has 0 aliphatic rings. The molecule has 0 bridgehead atoms. The van der Waals surface area contributed by atoms with Crippen molar-refractivity contribution in [3.63, 3.8) is 0 Å². The summed E-state index contributed by atoms with van der Waals surface area (Å²) in [5.74, 6) is -2.33. The lowest BCUT2D eigenvalue weighted by Gasteiger charge is -2.29. The number of hydrogen-bond acceptors (Lipinski definition) is 5. The van der Waals surface area contributed by atoms with E-state index in [2.05, 4.69) is 18.0 Å². The number of carbonyl (C=O) groups excluding carboxylic acids is 1.